The Kier molecular flexibility index (Phi) is 5.07. The van der Waals surface area contributed by atoms with Gasteiger partial charge in [0.2, 0.25) is 0 Å². The normalized spacial score (nSPS) is 10.8. The first kappa shape index (κ1) is 14.8. The average Bonchev–Trinajstić information content (AvgIpc) is 2.92. The molecule has 1 aromatic heterocycles. The number of benzene rings is 1. The highest BCUT2D eigenvalue weighted by atomic mass is 32.1. The van der Waals surface area contributed by atoms with Gasteiger partial charge in [-0.3, -0.25) is 4.79 Å². The predicted octanol–water partition coefficient (Wildman–Crippen LogP) is 2.59. The Balaban J connectivity index is 1.94. The maximum absolute atomic E-state index is 11.9. The van der Waals surface area contributed by atoms with Crippen molar-refractivity contribution in [1.82, 2.24) is 10.3 Å². The van der Waals surface area contributed by atoms with Crippen LogP contribution in [0.5, 0.6) is 0 Å². The number of anilines is 1. The number of carbonyl (C=O) groups excluding carboxylic acids is 1. The van der Waals surface area contributed by atoms with Crippen LogP contribution in [0.1, 0.15) is 11.3 Å². The second-order valence-corrected chi connectivity index (χ2v) is 5.13. The molecule has 0 radical (unpaired) electrons. The molecule has 0 saturated heterocycles. The van der Waals surface area contributed by atoms with E-state index >= 15 is 0 Å². The fourth-order valence-corrected chi connectivity index (χ4v) is 2.23. The van der Waals surface area contributed by atoms with Crippen molar-refractivity contribution >= 4 is 22.4 Å². The third-order valence-corrected chi connectivity index (χ3v) is 3.51. The third-order valence-electron chi connectivity index (χ3n) is 2.62. The topological polar surface area (TPSA) is 77.8 Å². The summed E-state index contributed by atoms with van der Waals surface area (Å²) in [5, 5.41) is 17.1. The van der Waals surface area contributed by atoms with E-state index in [1.807, 2.05) is 48.7 Å². The highest BCUT2D eigenvalue weighted by Crippen LogP contribution is 2.14. The van der Waals surface area contributed by atoms with Crippen LogP contribution in [0.15, 0.2) is 47.5 Å². The summed E-state index contributed by atoms with van der Waals surface area (Å²) in [6.07, 6.45) is 1.37. The Hall–Kier alpha value is -2.65. The summed E-state index contributed by atoms with van der Waals surface area (Å²) in [7, 11) is 0. The number of carbonyl (C=O) groups is 1. The Bertz CT molecular complexity index is 685. The zero-order valence-electron chi connectivity index (χ0n) is 11.5. The maximum atomic E-state index is 11.9. The zero-order valence-corrected chi connectivity index (χ0v) is 12.3. The molecular formula is C15H14N4OS. The molecule has 0 unspecified atom stereocenters. The number of amides is 1. The molecule has 1 aromatic carbocycles. The molecule has 2 aromatic rings. The number of aromatic nitrogens is 1. The number of rotatable bonds is 5. The molecule has 0 aliphatic heterocycles. The number of hydrogen-bond acceptors (Lipinski definition) is 5. The molecule has 0 saturated carbocycles. The summed E-state index contributed by atoms with van der Waals surface area (Å²) in [5.41, 5.74) is 1.88. The fraction of sp³-hybridized carbons (Fsp3) is 0.133. The number of nitrogens with zero attached hydrogens (tertiary/aromatic N) is 2. The van der Waals surface area contributed by atoms with E-state index in [0.717, 1.165) is 11.3 Å². The first-order valence-electron chi connectivity index (χ1n) is 6.30. The van der Waals surface area contributed by atoms with Crippen LogP contribution in [0.2, 0.25) is 0 Å². The van der Waals surface area contributed by atoms with Gasteiger partial charge < -0.3 is 10.6 Å². The minimum atomic E-state index is -0.415. The Morgan fingerprint density at radius 3 is 2.81 bits per heavy atom. The molecule has 106 valence electrons. The number of nitriles is 1. The molecule has 2 N–H and O–H groups in total. The van der Waals surface area contributed by atoms with Gasteiger partial charge >= 0.3 is 0 Å². The van der Waals surface area contributed by atoms with Crippen molar-refractivity contribution in [1.29, 1.82) is 5.26 Å². The maximum Gasteiger partial charge on any atom is 0.263 e. The predicted molar refractivity (Wildman–Crippen MR) is 82.5 cm³/mol. The first-order valence-corrected chi connectivity index (χ1v) is 7.18. The summed E-state index contributed by atoms with van der Waals surface area (Å²) in [5.74, 6) is -0.415. The molecule has 21 heavy (non-hydrogen) atoms. The first-order chi connectivity index (χ1) is 10.2. The number of thiazole rings is 1. The Labute approximate surface area is 127 Å². The fourth-order valence-electron chi connectivity index (χ4n) is 1.58. The minimum Gasteiger partial charge on any atom is -0.347 e. The van der Waals surface area contributed by atoms with Gasteiger partial charge in [-0.25, -0.2) is 4.98 Å². The van der Waals surface area contributed by atoms with E-state index in [4.69, 9.17) is 5.26 Å². The van der Waals surface area contributed by atoms with Crippen molar-refractivity contribution < 1.29 is 4.79 Å². The van der Waals surface area contributed by atoms with Gasteiger partial charge in [0, 0.05) is 18.1 Å². The van der Waals surface area contributed by atoms with Crippen LogP contribution in [-0.2, 0) is 11.3 Å². The van der Waals surface area contributed by atoms with Crippen molar-refractivity contribution in [2.75, 3.05) is 5.32 Å². The van der Waals surface area contributed by atoms with Crippen molar-refractivity contribution in [3.63, 3.8) is 0 Å². The molecule has 0 atom stereocenters. The van der Waals surface area contributed by atoms with E-state index in [0.29, 0.717) is 11.7 Å². The van der Waals surface area contributed by atoms with Gasteiger partial charge in [0.15, 0.2) is 5.13 Å². The van der Waals surface area contributed by atoms with E-state index < -0.39 is 5.91 Å². The standard InChI is InChI=1S/C15H14N4OS/c1-11-10-21-15(19-11)18-9-13(7-16)14(20)17-8-12-5-3-2-4-6-12/h2-6,9-10H,8H2,1H3,(H,17,20)(H,18,19)/b13-9-. The van der Waals surface area contributed by atoms with E-state index in [-0.39, 0.29) is 5.57 Å². The summed E-state index contributed by atoms with van der Waals surface area (Å²) < 4.78 is 0. The Morgan fingerprint density at radius 2 is 2.19 bits per heavy atom. The van der Waals surface area contributed by atoms with Crippen molar-refractivity contribution in [2.24, 2.45) is 0 Å². The molecule has 1 heterocycles. The lowest BCUT2D eigenvalue weighted by Gasteiger charge is -2.04. The van der Waals surface area contributed by atoms with Crippen LogP contribution in [0.4, 0.5) is 5.13 Å². The van der Waals surface area contributed by atoms with Crippen LogP contribution in [0.25, 0.3) is 0 Å². The van der Waals surface area contributed by atoms with Gasteiger partial charge in [-0.15, -0.1) is 11.3 Å². The highest BCUT2D eigenvalue weighted by Gasteiger charge is 2.08. The molecule has 2 rings (SSSR count). The lowest BCUT2D eigenvalue weighted by Crippen LogP contribution is -2.24. The lowest BCUT2D eigenvalue weighted by molar-refractivity contribution is -0.117. The number of nitrogens with one attached hydrogen (secondary N) is 2. The van der Waals surface area contributed by atoms with E-state index in [1.54, 1.807) is 0 Å². The van der Waals surface area contributed by atoms with Gasteiger partial charge in [-0.2, -0.15) is 5.26 Å². The second-order valence-electron chi connectivity index (χ2n) is 4.28. The summed E-state index contributed by atoms with van der Waals surface area (Å²) in [6.45, 7) is 2.26. The monoisotopic (exact) mass is 298 g/mol. The van der Waals surface area contributed by atoms with E-state index in [2.05, 4.69) is 15.6 Å². The molecule has 0 spiro atoms. The van der Waals surface area contributed by atoms with E-state index in [1.165, 1.54) is 17.5 Å². The van der Waals surface area contributed by atoms with Gasteiger partial charge in [0.05, 0.1) is 5.69 Å². The Morgan fingerprint density at radius 1 is 1.43 bits per heavy atom. The summed E-state index contributed by atoms with van der Waals surface area (Å²) in [6, 6.07) is 11.4. The van der Waals surface area contributed by atoms with Crippen LogP contribution >= 0.6 is 11.3 Å². The van der Waals surface area contributed by atoms with Gasteiger partial charge in [-0.1, -0.05) is 30.3 Å². The van der Waals surface area contributed by atoms with Crippen molar-refractivity contribution in [3.8, 4) is 6.07 Å². The molecule has 0 aliphatic rings. The molecule has 0 fully saturated rings. The van der Waals surface area contributed by atoms with Crippen LogP contribution < -0.4 is 10.6 Å². The minimum absolute atomic E-state index is 0.0128. The van der Waals surface area contributed by atoms with Gasteiger partial charge in [0.25, 0.3) is 5.91 Å². The molecule has 0 bridgehead atoms. The van der Waals surface area contributed by atoms with Crippen molar-refractivity contribution in [3.05, 3.63) is 58.7 Å². The van der Waals surface area contributed by atoms with Crippen molar-refractivity contribution in [2.45, 2.75) is 13.5 Å². The lowest BCUT2D eigenvalue weighted by atomic mass is 10.2. The molecule has 5 nitrogen and oxygen atoms in total. The SMILES string of the molecule is Cc1csc(N/C=C(/C#N)C(=O)NCc2ccccc2)n1. The third kappa shape index (κ3) is 4.44. The average molecular weight is 298 g/mol. The molecule has 1 amide bonds. The smallest absolute Gasteiger partial charge is 0.263 e. The summed E-state index contributed by atoms with van der Waals surface area (Å²) in [4.78, 5) is 16.1. The molecular weight excluding hydrogens is 284 g/mol. The largest absolute Gasteiger partial charge is 0.347 e. The quantitative estimate of drug-likeness (QED) is 0.657. The van der Waals surface area contributed by atoms with Gasteiger partial charge in [-0.05, 0) is 12.5 Å². The van der Waals surface area contributed by atoms with Crippen LogP contribution in [0.3, 0.4) is 0 Å². The molecule has 0 aliphatic carbocycles. The summed E-state index contributed by atoms with van der Waals surface area (Å²) >= 11 is 1.42. The van der Waals surface area contributed by atoms with Crippen LogP contribution in [-0.4, -0.2) is 10.9 Å². The number of hydrogen-bond donors (Lipinski definition) is 2. The zero-order chi connectivity index (χ0) is 15.1. The van der Waals surface area contributed by atoms with E-state index in [9.17, 15) is 4.79 Å². The van der Waals surface area contributed by atoms with Gasteiger partial charge in [0.1, 0.15) is 11.6 Å². The highest BCUT2D eigenvalue weighted by molar-refractivity contribution is 7.13. The van der Waals surface area contributed by atoms with Crippen LogP contribution in [0, 0.1) is 18.3 Å². The second kappa shape index (κ2) is 7.22. The molecule has 6 heteroatoms. The number of aryl methyl sites for hydroxylation is 1.